The van der Waals surface area contributed by atoms with Crippen molar-refractivity contribution >= 4 is 23.5 Å². The van der Waals surface area contributed by atoms with Gasteiger partial charge in [0.1, 0.15) is 5.75 Å². The summed E-state index contributed by atoms with van der Waals surface area (Å²) in [5, 5.41) is 15.6. The van der Waals surface area contributed by atoms with E-state index < -0.39 is 41.7 Å². The van der Waals surface area contributed by atoms with Crippen molar-refractivity contribution < 1.29 is 37.4 Å². The molecule has 2 atom stereocenters. The quantitative estimate of drug-likeness (QED) is 0.489. The molecule has 35 heavy (non-hydrogen) atoms. The van der Waals surface area contributed by atoms with E-state index in [0.29, 0.717) is 18.6 Å². The summed E-state index contributed by atoms with van der Waals surface area (Å²) in [5.74, 6) is -0.807. The fraction of sp³-hybridized carbons (Fsp3) is 0.348. The van der Waals surface area contributed by atoms with Crippen molar-refractivity contribution in [3.8, 4) is 5.75 Å². The molecule has 0 radical (unpaired) electrons. The SMILES string of the molecule is NC(=O)COc1ccc(C(=O)N[C@@H]2CN(C(=O)Nc3cccc(C(F)(F)F)c3)CCC[C@H]2O)cc1. The Bertz CT molecular complexity index is 1060. The Hall–Kier alpha value is -3.80. The Morgan fingerprint density at radius 3 is 2.51 bits per heavy atom. The number of hydrogen-bond acceptors (Lipinski definition) is 5. The summed E-state index contributed by atoms with van der Waals surface area (Å²) in [7, 11) is 0. The van der Waals surface area contributed by atoms with Crippen molar-refractivity contribution in [3.63, 3.8) is 0 Å². The first-order valence-electron chi connectivity index (χ1n) is 10.8. The monoisotopic (exact) mass is 494 g/mol. The van der Waals surface area contributed by atoms with Crippen molar-refractivity contribution in [1.29, 1.82) is 0 Å². The average molecular weight is 494 g/mol. The van der Waals surface area contributed by atoms with Crippen LogP contribution in [0.5, 0.6) is 5.75 Å². The topological polar surface area (TPSA) is 134 Å². The second-order valence-corrected chi connectivity index (χ2v) is 8.02. The van der Waals surface area contributed by atoms with Gasteiger partial charge in [-0.3, -0.25) is 9.59 Å². The average Bonchev–Trinajstić information content (AvgIpc) is 2.99. The number of urea groups is 1. The zero-order valence-electron chi connectivity index (χ0n) is 18.5. The maximum absolute atomic E-state index is 12.9. The number of carbonyl (C=O) groups is 3. The number of halogens is 3. The number of benzene rings is 2. The van der Waals surface area contributed by atoms with Crippen LogP contribution in [0.3, 0.4) is 0 Å². The van der Waals surface area contributed by atoms with Crippen LogP contribution in [0.1, 0.15) is 28.8 Å². The molecule has 1 fully saturated rings. The van der Waals surface area contributed by atoms with Crippen molar-refractivity contribution in [3.05, 3.63) is 59.7 Å². The van der Waals surface area contributed by atoms with Gasteiger partial charge >= 0.3 is 12.2 Å². The number of carbonyl (C=O) groups excluding carboxylic acids is 3. The molecule has 0 bridgehead atoms. The van der Waals surface area contributed by atoms with E-state index in [9.17, 15) is 32.7 Å². The lowest BCUT2D eigenvalue weighted by molar-refractivity contribution is -0.137. The summed E-state index contributed by atoms with van der Waals surface area (Å²) in [4.78, 5) is 37.5. The van der Waals surface area contributed by atoms with Gasteiger partial charge in [-0.05, 0) is 55.3 Å². The van der Waals surface area contributed by atoms with Crippen LogP contribution in [0.15, 0.2) is 48.5 Å². The van der Waals surface area contributed by atoms with E-state index in [4.69, 9.17) is 10.5 Å². The van der Waals surface area contributed by atoms with Crippen LogP contribution in [-0.4, -0.2) is 59.7 Å². The Kier molecular flexibility index (Phi) is 8.18. The fourth-order valence-corrected chi connectivity index (χ4v) is 3.55. The van der Waals surface area contributed by atoms with Gasteiger partial charge < -0.3 is 31.1 Å². The van der Waals surface area contributed by atoms with Crippen LogP contribution in [0, 0.1) is 0 Å². The summed E-state index contributed by atoms with van der Waals surface area (Å²) in [6.45, 7) is -0.101. The van der Waals surface area contributed by atoms with Gasteiger partial charge in [-0.2, -0.15) is 13.2 Å². The number of nitrogens with two attached hydrogens (primary N) is 1. The van der Waals surface area contributed by atoms with Crippen LogP contribution in [-0.2, 0) is 11.0 Å². The molecule has 0 unspecified atom stereocenters. The molecule has 3 rings (SSSR count). The Balaban J connectivity index is 1.64. The van der Waals surface area contributed by atoms with Crippen molar-refractivity contribution in [2.75, 3.05) is 25.0 Å². The maximum Gasteiger partial charge on any atom is 0.416 e. The molecule has 1 heterocycles. The van der Waals surface area contributed by atoms with Crippen LogP contribution in [0.25, 0.3) is 0 Å². The minimum atomic E-state index is -4.55. The number of aliphatic hydroxyl groups excluding tert-OH is 1. The van der Waals surface area contributed by atoms with E-state index in [1.165, 1.54) is 41.3 Å². The zero-order chi connectivity index (χ0) is 25.6. The summed E-state index contributed by atoms with van der Waals surface area (Å²) in [6, 6.07) is 8.72. The number of aliphatic hydroxyl groups is 1. The summed E-state index contributed by atoms with van der Waals surface area (Å²) >= 11 is 0. The molecule has 5 N–H and O–H groups in total. The molecular weight excluding hydrogens is 469 g/mol. The predicted octanol–water partition coefficient (Wildman–Crippen LogP) is 2.36. The number of alkyl halides is 3. The van der Waals surface area contributed by atoms with Crippen LogP contribution in [0.2, 0.25) is 0 Å². The number of amides is 4. The van der Waals surface area contributed by atoms with Gasteiger partial charge in [-0.1, -0.05) is 6.07 Å². The molecule has 2 aromatic rings. The fourth-order valence-electron chi connectivity index (χ4n) is 3.55. The normalized spacial score (nSPS) is 18.3. The highest BCUT2D eigenvalue weighted by Gasteiger charge is 2.32. The molecule has 9 nitrogen and oxygen atoms in total. The van der Waals surface area contributed by atoms with Crippen molar-refractivity contribution in [2.45, 2.75) is 31.2 Å². The molecule has 1 aliphatic rings. The number of ether oxygens (including phenoxy) is 1. The van der Waals surface area contributed by atoms with Crippen LogP contribution in [0.4, 0.5) is 23.7 Å². The number of likely N-dealkylation sites (tertiary alicyclic amines) is 1. The summed E-state index contributed by atoms with van der Waals surface area (Å²) in [6.07, 6.45) is -4.72. The first-order chi connectivity index (χ1) is 16.5. The van der Waals surface area contributed by atoms with E-state index in [2.05, 4.69) is 10.6 Å². The molecule has 0 spiro atoms. The number of rotatable bonds is 6. The van der Waals surface area contributed by atoms with Gasteiger partial charge in [-0.15, -0.1) is 0 Å². The predicted molar refractivity (Wildman–Crippen MR) is 120 cm³/mol. The van der Waals surface area contributed by atoms with Gasteiger partial charge in [0.2, 0.25) is 0 Å². The first kappa shape index (κ1) is 25.8. The number of nitrogens with one attached hydrogen (secondary N) is 2. The molecule has 1 aliphatic heterocycles. The van der Waals surface area contributed by atoms with Crippen molar-refractivity contribution in [1.82, 2.24) is 10.2 Å². The van der Waals surface area contributed by atoms with Gasteiger partial charge in [0.25, 0.3) is 11.8 Å². The van der Waals surface area contributed by atoms with Crippen LogP contribution < -0.4 is 21.1 Å². The molecule has 1 saturated heterocycles. The Labute approximate surface area is 199 Å². The third-order valence-corrected chi connectivity index (χ3v) is 5.35. The largest absolute Gasteiger partial charge is 0.484 e. The standard InChI is InChI=1S/C23H25F3N4O5/c24-23(25,26)15-3-1-4-16(11-15)28-22(34)30-10-2-5-19(31)18(12-30)29-21(33)14-6-8-17(9-7-14)35-13-20(27)32/h1,3-4,6-9,11,18-19,31H,2,5,10,12-13H2,(H2,27,32)(H,28,34)(H,29,33)/t18-,19-/m1/s1. The van der Waals surface area contributed by atoms with E-state index >= 15 is 0 Å². The third-order valence-electron chi connectivity index (χ3n) is 5.35. The smallest absolute Gasteiger partial charge is 0.416 e. The summed E-state index contributed by atoms with van der Waals surface area (Å²) in [5.41, 5.74) is 4.37. The minimum absolute atomic E-state index is 0.0196. The molecule has 0 aromatic heterocycles. The lowest BCUT2D eigenvalue weighted by Crippen LogP contribution is -2.50. The van der Waals surface area contributed by atoms with E-state index in [0.717, 1.165) is 12.1 Å². The maximum atomic E-state index is 12.9. The lowest BCUT2D eigenvalue weighted by atomic mass is 10.1. The van der Waals surface area contributed by atoms with Gasteiger partial charge in [0.15, 0.2) is 6.61 Å². The third kappa shape index (κ3) is 7.34. The number of hydrogen-bond donors (Lipinski definition) is 4. The Morgan fingerprint density at radius 1 is 1.14 bits per heavy atom. The second-order valence-electron chi connectivity index (χ2n) is 8.02. The molecule has 12 heteroatoms. The van der Waals surface area contributed by atoms with Gasteiger partial charge in [0.05, 0.1) is 17.7 Å². The highest BCUT2D eigenvalue weighted by Crippen LogP contribution is 2.30. The highest BCUT2D eigenvalue weighted by molar-refractivity contribution is 5.94. The number of anilines is 1. The van der Waals surface area contributed by atoms with E-state index in [1.54, 1.807) is 0 Å². The van der Waals surface area contributed by atoms with Crippen molar-refractivity contribution in [2.24, 2.45) is 5.73 Å². The van der Waals surface area contributed by atoms with Gasteiger partial charge in [-0.25, -0.2) is 4.79 Å². The zero-order valence-corrected chi connectivity index (χ0v) is 18.5. The van der Waals surface area contributed by atoms with Crippen LogP contribution >= 0.6 is 0 Å². The lowest BCUT2D eigenvalue weighted by Gasteiger charge is -2.27. The molecule has 0 saturated carbocycles. The first-order valence-corrected chi connectivity index (χ1v) is 10.8. The molecule has 0 aliphatic carbocycles. The molecule has 188 valence electrons. The minimum Gasteiger partial charge on any atom is -0.484 e. The molecule has 2 aromatic carbocycles. The number of primary amides is 1. The molecule has 4 amide bonds. The second kappa shape index (κ2) is 11.1. The van der Waals surface area contributed by atoms with E-state index in [1.807, 2.05) is 0 Å². The summed E-state index contributed by atoms with van der Waals surface area (Å²) < 4.78 is 44.0. The highest BCUT2D eigenvalue weighted by atomic mass is 19.4. The van der Waals surface area contributed by atoms with E-state index in [-0.39, 0.29) is 30.9 Å². The number of nitrogens with zero attached hydrogens (tertiary/aromatic N) is 1. The molecular formula is C23H25F3N4O5. The Morgan fingerprint density at radius 2 is 1.86 bits per heavy atom. The van der Waals surface area contributed by atoms with Gasteiger partial charge in [0, 0.05) is 24.3 Å².